The van der Waals surface area contributed by atoms with Gasteiger partial charge in [-0.05, 0) is 68.8 Å². The minimum absolute atomic E-state index is 0. The van der Waals surface area contributed by atoms with Crippen molar-refractivity contribution in [1.82, 2.24) is 15.1 Å². The molecule has 0 aromatic heterocycles. The highest BCUT2D eigenvalue weighted by atomic mass is 127. The zero-order valence-electron chi connectivity index (χ0n) is 20.8. The van der Waals surface area contributed by atoms with Crippen LogP contribution in [0, 0.1) is 5.92 Å². The van der Waals surface area contributed by atoms with E-state index in [1.54, 1.807) is 14.2 Å². The summed E-state index contributed by atoms with van der Waals surface area (Å²) >= 11 is 0. The van der Waals surface area contributed by atoms with Gasteiger partial charge in [0.05, 0.1) is 14.2 Å². The minimum atomic E-state index is 0. The Balaban J connectivity index is 0.00000306. The molecule has 2 aliphatic heterocycles. The second-order valence-corrected chi connectivity index (χ2v) is 9.92. The van der Waals surface area contributed by atoms with Crippen LogP contribution in [0.2, 0.25) is 0 Å². The number of methoxy groups -OCH3 is 2. The fourth-order valence-corrected chi connectivity index (χ4v) is 6.05. The molecule has 4 rings (SSSR count). The highest BCUT2D eigenvalue weighted by Gasteiger charge is 2.36. The lowest BCUT2D eigenvalue weighted by atomic mass is 9.69. The van der Waals surface area contributed by atoms with Gasteiger partial charge in [-0.1, -0.05) is 25.3 Å². The molecule has 33 heavy (non-hydrogen) atoms. The maximum atomic E-state index is 5.63. The molecule has 3 aliphatic rings. The van der Waals surface area contributed by atoms with E-state index in [1.165, 1.54) is 76.6 Å². The maximum absolute atomic E-state index is 5.63. The lowest BCUT2D eigenvalue weighted by Gasteiger charge is -2.39. The number of benzene rings is 1. The van der Waals surface area contributed by atoms with Gasteiger partial charge in [-0.15, -0.1) is 24.0 Å². The fourth-order valence-electron chi connectivity index (χ4n) is 6.05. The first kappa shape index (κ1) is 26.4. The number of nitrogens with one attached hydrogen (secondary N) is 1. The highest BCUT2D eigenvalue weighted by molar-refractivity contribution is 14.0. The number of halogens is 1. The predicted octanol–water partition coefficient (Wildman–Crippen LogP) is 4.52. The third-order valence-corrected chi connectivity index (χ3v) is 7.90. The van der Waals surface area contributed by atoms with Gasteiger partial charge in [-0.2, -0.15) is 0 Å². The van der Waals surface area contributed by atoms with Crippen LogP contribution in [0.1, 0.15) is 56.9 Å². The molecule has 1 N–H and O–H groups in total. The van der Waals surface area contributed by atoms with Crippen LogP contribution in [0.15, 0.2) is 23.2 Å². The van der Waals surface area contributed by atoms with E-state index in [1.807, 2.05) is 7.05 Å². The normalized spacial score (nSPS) is 23.3. The van der Waals surface area contributed by atoms with Gasteiger partial charge < -0.3 is 24.6 Å². The Labute approximate surface area is 217 Å². The van der Waals surface area contributed by atoms with Crippen LogP contribution >= 0.6 is 24.0 Å². The second-order valence-electron chi connectivity index (χ2n) is 9.92. The first-order chi connectivity index (χ1) is 15.7. The number of hydrogen-bond donors (Lipinski definition) is 1. The standard InChI is InChI=1S/C26H42N4O2.HI/c1-27-25(30-16-11-21(19-30)18-29-14-7-8-15-29)28-20-26(12-5-4-6-13-26)22-9-10-23(31-2)24(17-22)32-3;/h9-10,17,21H,4-8,11-16,18-20H2,1-3H3,(H,27,28);1H. The van der Waals surface area contributed by atoms with Crippen LogP contribution in [0.5, 0.6) is 11.5 Å². The summed E-state index contributed by atoms with van der Waals surface area (Å²) in [6.07, 6.45) is 10.3. The van der Waals surface area contributed by atoms with Crippen LogP contribution in [0.25, 0.3) is 0 Å². The zero-order chi connectivity index (χ0) is 22.4. The topological polar surface area (TPSA) is 49.3 Å². The summed E-state index contributed by atoms with van der Waals surface area (Å²) in [5, 5.41) is 3.79. The van der Waals surface area contributed by atoms with Gasteiger partial charge in [0.1, 0.15) is 0 Å². The first-order valence-corrected chi connectivity index (χ1v) is 12.6. The SMILES string of the molecule is CN=C(NCC1(c2ccc(OC)c(OC)c2)CCCCC1)N1CCC(CN2CCCC2)C1.I. The summed E-state index contributed by atoms with van der Waals surface area (Å²) in [7, 11) is 5.35. The van der Waals surface area contributed by atoms with Crippen molar-refractivity contribution in [2.75, 3.05) is 60.5 Å². The molecule has 7 heteroatoms. The van der Waals surface area contributed by atoms with E-state index in [9.17, 15) is 0 Å². The third-order valence-electron chi connectivity index (χ3n) is 7.90. The Bertz CT molecular complexity index is 776. The molecule has 1 atom stereocenters. The molecule has 1 aromatic rings. The van der Waals surface area contributed by atoms with Gasteiger partial charge in [0.25, 0.3) is 0 Å². The van der Waals surface area contributed by atoms with Crippen molar-refractivity contribution in [2.45, 2.75) is 56.8 Å². The Kier molecular flexibility index (Phi) is 9.97. The molecule has 1 saturated carbocycles. The molecule has 0 radical (unpaired) electrons. The molecule has 6 nitrogen and oxygen atoms in total. The predicted molar refractivity (Wildman–Crippen MR) is 146 cm³/mol. The van der Waals surface area contributed by atoms with Crippen molar-refractivity contribution in [1.29, 1.82) is 0 Å². The van der Waals surface area contributed by atoms with E-state index < -0.39 is 0 Å². The Morgan fingerprint density at radius 2 is 1.76 bits per heavy atom. The van der Waals surface area contributed by atoms with Gasteiger partial charge in [0.15, 0.2) is 17.5 Å². The van der Waals surface area contributed by atoms with Crippen molar-refractivity contribution in [3.05, 3.63) is 23.8 Å². The molecule has 0 spiro atoms. The molecule has 2 saturated heterocycles. The molecular weight excluding hydrogens is 527 g/mol. The fraction of sp³-hybridized carbons (Fsp3) is 0.731. The van der Waals surface area contributed by atoms with Gasteiger partial charge in [-0.3, -0.25) is 4.99 Å². The number of aliphatic imine (C=N–C) groups is 1. The summed E-state index contributed by atoms with van der Waals surface area (Å²) in [6, 6.07) is 6.48. The van der Waals surface area contributed by atoms with Gasteiger partial charge in [0, 0.05) is 38.6 Å². The first-order valence-electron chi connectivity index (χ1n) is 12.6. The Morgan fingerprint density at radius 3 is 2.42 bits per heavy atom. The van der Waals surface area contributed by atoms with Crippen molar-refractivity contribution >= 4 is 29.9 Å². The number of guanidine groups is 1. The molecule has 186 valence electrons. The summed E-state index contributed by atoms with van der Waals surface area (Å²) < 4.78 is 11.1. The smallest absolute Gasteiger partial charge is 0.193 e. The maximum Gasteiger partial charge on any atom is 0.193 e. The summed E-state index contributed by atoms with van der Waals surface area (Å²) in [4.78, 5) is 9.81. The van der Waals surface area contributed by atoms with Gasteiger partial charge in [-0.25, -0.2) is 0 Å². The second kappa shape index (κ2) is 12.5. The highest BCUT2D eigenvalue weighted by Crippen LogP contribution is 2.42. The average molecular weight is 571 g/mol. The van der Waals surface area contributed by atoms with E-state index in [-0.39, 0.29) is 29.4 Å². The minimum Gasteiger partial charge on any atom is -0.493 e. The Hall–Kier alpha value is -1.22. The summed E-state index contributed by atoms with van der Waals surface area (Å²) in [5.74, 6) is 3.45. The molecule has 3 fully saturated rings. The van der Waals surface area contributed by atoms with E-state index in [0.717, 1.165) is 43.0 Å². The van der Waals surface area contributed by atoms with Crippen molar-refractivity contribution in [2.24, 2.45) is 10.9 Å². The van der Waals surface area contributed by atoms with E-state index in [2.05, 4.69) is 38.3 Å². The van der Waals surface area contributed by atoms with E-state index >= 15 is 0 Å². The molecule has 1 unspecified atom stereocenters. The molecule has 2 heterocycles. The van der Waals surface area contributed by atoms with Crippen LogP contribution in [0.3, 0.4) is 0 Å². The van der Waals surface area contributed by atoms with Crippen LogP contribution in [0.4, 0.5) is 0 Å². The lowest BCUT2D eigenvalue weighted by molar-refractivity contribution is 0.276. The van der Waals surface area contributed by atoms with Crippen molar-refractivity contribution in [3.63, 3.8) is 0 Å². The van der Waals surface area contributed by atoms with Gasteiger partial charge >= 0.3 is 0 Å². The number of hydrogen-bond acceptors (Lipinski definition) is 4. The third kappa shape index (κ3) is 6.27. The monoisotopic (exact) mass is 570 g/mol. The molecule has 1 aliphatic carbocycles. The largest absolute Gasteiger partial charge is 0.493 e. The average Bonchev–Trinajstić information content (AvgIpc) is 3.52. The Morgan fingerprint density at radius 1 is 1.03 bits per heavy atom. The van der Waals surface area contributed by atoms with Gasteiger partial charge in [0.2, 0.25) is 0 Å². The molecule has 1 aromatic carbocycles. The zero-order valence-corrected chi connectivity index (χ0v) is 23.1. The van der Waals surface area contributed by atoms with E-state index in [0.29, 0.717) is 0 Å². The van der Waals surface area contributed by atoms with Crippen LogP contribution in [-0.2, 0) is 5.41 Å². The van der Waals surface area contributed by atoms with E-state index in [4.69, 9.17) is 9.47 Å². The lowest BCUT2D eigenvalue weighted by Crippen LogP contribution is -2.47. The van der Waals surface area contributed by atoms with Crippen molar-refractivity contribution in [3.8, 4) is 11.5 Å². The molecule has 0 amide bonds. The summed E-state index contributed by atoms with van der Waals surface area (Å²) in [5.41, 5.74) is 1.47. The summed E-state index contributed by atoms with van der Waals surface area (Å²) in [6.45, 7) is 6.99. The number of rotatable bonds is 7. The van der Waals surface area contributed by atoms with Crippen LogP contribution in [-0.4, -0.2) is 76.3 Å². The number of ether oxygens (including phenoxy) is 2. The quantitative estimate of drug-likeness (QED) is 0.297. The molecule has 0 bridgehead atoms. The van der Waals surface area contributed by atoms with Crippen LogP contribution < -0.4 is 14.8 Å². The number of likely N-dealkylation sites (tertiary alicyclic amines) is 2. The van der Waals surface area contributed by atoms with Crippen molar-refractivity contribution < 1.29 is 9.47 Å². The number of nitrogens with zero attached hydrogens (tertiary/aromatic N) is 3. The molecular formula is C26H43IN4O2.